The highest BCUT2D eigenvalue weighted by Gasteiger charge is 2.19. The fraction of sp³-hybridized carbons (Fsp3) is 0.364. The number of rotatable bonds is 5. The van der Waals surface area contributed by atoms with E-state index in [0.29, 0.717) is 5.92 Å². The molecular weight excluding hydrogens is 350 g/mol. The number of benzene rings is 2. The highest BCUT2D eigenvalue weighted by Crippen LogP contribution is 2.19. The van der Waals surface area contributed by atoms with E-state index in [-0.39, 0.29) is 6.03 Å². The normalized spacial score (nSPS) is 15.6. The van der Waals surface area contributed by atoms with Gasteiger partial charge in [-0.05, 0) is 55.6 Å². The van der Waals surface area contributed by atoms with Gasteiger partial charge in [-0.15, -0.1) is 0 Å². The number of nitrogens with zero attached hydrogens (tertiary/aromatic N) is 3. The summed E-state index contributed by atoms with van der Waals surface area (Å²) in [5.41, 5.74) is 4.08. The maximum Gasteiger partial charge on any atom is 0.319 e. The molecule has 2 heterocycles. The Morgan fingerprint density at radius 2 is 1.93 bits per heavy atom. The van der Waals surface area contributed by atoms with Crippen molar-refractivity contribution in [1.82, 2.24) is 19.8 Å². The summed E-state index contributed by atoms with van der Waals surface area (Å²) in [6.45, 7) is 3.90. The number of aromatic nitrogens is 2. The molecule has 1 aliphatic rings. The number of nitrogens with one attached hydrogen (secondary N) is 2. The van der Waals surface area contributed by atoms with Gasteiger partial charge in [0.05, 0.1) is 17.4 Å². The molecule has 0 bridgehead atoms. The fourth-order valence-corrected chi connectivity index (χ4v) is 3.81. The fourth-order valence-electron chi connectivity index (χ4n) is 3.81. The maximum atomic E-state index is 12.3. The number of likely N-dealkylation sites (tertiary alicyclic amines) is 1. The minimum atomic E-state index is -0.145. The smallest absolute Gasteiger partial charge is 0.319 e. The van der Waals surface area contributed by atoms with Gasteiger partial charge >= 0.3 is 6.03 Å². The lowest BCUT2D eigenvalue weighted by molar-refractivity contribution is 0.176. The van der Waals surface area contributed by atoms with Crippen LogP contribution < -0.4 is 10.6 Å². The van der Waals surface area contributed by atoms with Crippen LogP contribution in [0, 0.1) is 5.92 Å². The second kappa shape index (κ2) is 8.44. The zero-order valence-electron chi connectivity index (χ0n) is 16.3. The van der Waals surface area contributed by atoms with E-state index in [9.17, 15) is 4.79 Å². The van der Waals surface area contributed by atoms with Crippen molar-refractivity contribution >= 4 is 22.8 Å². The molecule has 2 amide bonds. The van der Waals surface area contributed by atoms with Crippen LogP contribution in [0.5, 0.6) is 0 Å². The van der Waals surface area contributed by atoms with Crippen LogP contribution in [0.15, 0.2) is 54.9 Å². The summed E-state index contributed by atoms with van der Waals surface area (Å²) in [5, 5.41) is 5.96. The first-order chi connectivity index (χ1) is 13.7. The molecule has 4 rings (SSSR count). The van der Waals surface area contributed by atoms with Gasteiger partial charge in [-0.1, -0.05) is 30.3 Å². The molecule has 1 saturated heterocycles. The molecule has 6 heteroatoms. The van der Waals surface area contributed by atoms with Crippen LogP contribution in [-0.2, 0) is 13.6 Å². The van der Waals surface area contributed by atoms with Crippen LogP contribution in [0.1, 0.15) is 18.4 Å². The van der Waals surface area contributed by atoms with Gasteiger partial charge in [-0.2, -0.15) is 0 Å². The molecule has 0 aliphatic carbocycles. The van der Waals surface area contributed by atoms with Crippen LogP contribution in [0.2, 0.25) is 0 Å². The van der Waals surface area contributed by atoms with Crippen molar-refractivity contribution in [1.29, 1.82) is 0 Å². The number of hydrogen-bond donors (Lipinski definition) is 2. The van der Waals surface area contributed by atoms with Crippen LogP contribution in [0.25, 0.3) is 11.0 Å². The number of anilines is 1. The number of fused-ring (bicyclic) bond motifs is 1. The summed E-state index contributed by atoms with van der Waals surface area (Å²) in [5.74, 6) is 0.539. The summed E-state index contributed by atoms with van der Waals surface area (Å²) in [6, 6.07) is 16.2. The van der Waals surface area contributed by atoms with Crippen molar-refractivity contribution < 1.29 is 4.79 Å². The van der Waals surface area contributed by atoms with E-state index >= 15 is 0 Å². The number of imidazole rings is 1. The third kappa shape index (κ3) is 4.51. The number of hydrogen-bond acceptors (Lipinski definition) is 3. The molecule has 0 spiro atoms. The molecule has 0 saturated carbocycles. The first-order valence-electron chi connectivity index (χ1n) is 9.89. The number of urea groups is 1. The Hall–Kier alpha value is -2.86. The number of carbonyl (C=O) groups is 1. The molecule has 6 nitrogen and oxygen atoms in total. The van der Waals surface area contributed by atoms with Gasteiger partial charge in [0, 0.05) is 25.8 Å². The van der Waals surface area contributed by atoms with Gasteiger partial charge in [0.1, 0.15) is 0 Å². The largest absolute Gasteiger partial charge is 0.338 e. The second-order valence-corrected chi connectivity index (χ2v) is 7.60. The van der Waals surface area contributed by atoms with E-state index in [1.807, 2.05) is 29.8 Å². The number of piperidine rings is 1. The van der Waals surface area contributed by atoms with Crippen LogP contribution >= 0.6 is 0 Å². The molecule has 1 fully saturated rings. The Morgan fingerprint density at radius 1 is 1.14 bits per heavy atom. The van der Waals surface area contributed by atoms with Crippen molar-refractivity contribution in [3.8, 4) is 0 Å². The molecule has 0 atom stereocenters. The van der Waals surface area contributed by atoms with Gasteiger partial charge in [-0.25, -0.2) is 9.78 Å². The third-order valence-corrected chi connectivity index (χ3v) is 5.49. The highest BCUT2D eigenvalue weighted by atomic mass is 16.2. The van der Waals surface area contributed by atoms with Gasteiger partial charge in [0.15, 0.2) is 0 Å². The molecule has 0 radical (unpaired) electrons. The highest BCUT2D eigenvalue weighted by molar-refractivity contribution is 5.91. The quantitative estimate of drug-likeness (QED) is 0.714. The molecule has 3 aromatic rings. The standard InChI is InChI=1S/C22H27N5O/c1-26-16-24-20-8-7-19(13-21(20)26)25-22(28)23-14-17-9-11-27(12-10-17)15-18-5-3-2-4-6-18/h2-8,13,16-17H,9-12,14-15H2,1H3,(H2,23,25,28). The molecule has 2 aromatic carbocycles. The molecule has 1 aromatic heterocycles. The predicted octanol–water partition coefficient (Wildman–Crippen LogP) is 3.61. The Kier molecular flexibility index (Phi) is 5.58. The van der Waals surface area contributed by atoms with Gasteiger partial charge < -0.3 is 15.2 Å². The molecule has 28 heavy (non-hydrogen) atoms. The first kappa shape index (κ1) is 18.5. The van der Waals surface area contributed by atoms with Crippen LogP contribution in [0.4, 0.5) is 10.5 Å². The van der Waals surface area contributed by atoms with E-state index in [2.05, 4.69) is 50.8 Å². The Morgan fingerprint density at radius 3 is 2.71 bits per heavy atom. The van der Waals surface area contributed by atoms with Crippen molar-refractivity contribution in [3.63, 3.8) is 0 Å². The van der Waals surface area contributed by atoms with Crippen molar-refractivity contribution in [2.24, 2.45) is 13.0 Å². The Bertz CT molecular complexity index is 929. The minimum absolute atomic E-state index is 0.145. The summed E-state index contributed by atoms with van der Waals surface area (Å²) >= 11 is 0. The van der Waals surface area contributed by atoms with E-state index < -0.39 is 0 Å². The SMILES string of the molecule is Cn1cnc2ccc(NC(=O)NCC3CCN(Cc4ccccc4)CC3)cc21. The number of carbonyl (C=O) groups excluding carboxylic acids is 1. The molecule has 0 unspecified atom stereocenters. The Labute approximate surface area is 165 Å². The predicted molar refractivity (Wildman–Crippen MR) is 112 cm³/mol. The Balaban J connectivity index is 1.21. The van der Waals surface area contributed by atoms with E-state index in [1.165, 1.54) is 5.56 Å². The topological polar surface area (TPSA) is 62.2 Å². The summed E-state index contributed by atoms with van der Waals surface area (Å²) in [6.07, 6.45) is 4.01. The molecule has 146 valence electrons. The second-order valence-electron chi connectivity index (χ2n) is 7.60. The van der Waals surface area contributed by atoms with Crippen LogP contribution in [-0.4, -0.2) is 40.1 Å². The number of aryl methyl sites for hydroxylation is 1. The summed E-state index contributed by atoms with van der Waals surface area (Å²) in [4.78, 5) is 19.1. The zero-order chi connectivity index (χ0) is 19.3. The monoisotopic (exact) mass is 377 g/mol. The van der Waals surface area contributed by atoms with Crippen molar-refractivity contribution in [2.75, 3.05) is 25.0 Å². The van der Waals surface area contributed by atoms with E-state index in [1.54, 1.807) is 6.33 Å². The average molecular weight is 377 g/mol. The lowest BCUT2D eigenvalue weighted by Crippen LogP contribution is -2.39. The molecular formula is C22H27N5O. The van der Waals surface area contributed by atoms with Crippen molar-refractivity contribution in [2.45, 2.75) is 19.4 Å². The zero-order valence-corrected chi connectivity index (χ0v) is 16.3. The molecule has 2 N–H and O–H groups in total. The number of amides is 2. The maximum absolute atomic E-state index is 12.3. The minimum Gasteiger partial charge on any atom is -0.338 e. The van der Waals surface area contributed by atoms with Crippen molar-refractivity contribution in [3.05, 3.63) is 60.4 Å². The summed E-state index contributed by atoms with van der Waals surface area (Å²) in [7, 11) is 1.95. The van der Waals surface area contributed by atoms with Gasteiger partial charge in [0.2, 0.25) is 0 Å². The van der Waals surface area contributed by atoms with Gasteiger partial charge in [-0.3, -0.25) is 4.90 Å². The lowest BCUT2D eigenvalue weighted by Gasteiger charge is -2.32. The molecule has 1 aliphatic heterocycles. The third-order valence-electron chi connectivity index (χ3n) is 5.49. The van der Waals surface area contributed by atoms with Gasteiger partial charge in [0.25, 0.3) is 0 Å². The average Bonchev–Trinajstić information content (AvgIpc) is 3.09. The lowest BCUT2D eigenvalue weighted by atomic mass is 9.96. The van der Waals surface area contributed by atoms with E-state index in [4.69, 9.17) is 0 Å². The first-order valence-corrected chi connectivity index (χ1v) is 9.89. The summed E-state index contributed by atoms with van der Waals surface area (Å²) < 4.78 is 1.95. The van der Waals surface area contributed by atoms with E-state index in [0.717, 1.165) is 55.7 Å². The van der Waals surface area contributed by atoms with Crippen LogP contribution in [0.3, 0.4) is 0 Å².